The van der Waals surface area contributed by atoms with Crippen LogP contribution in [0.2, 0.25) is 38.3 Å². The average molecular weight is 285 g/mol. The molecule has 1 aliphatic heterocycles. The Balaban J connectivity index is 2.29. The molecule has 0 aromatic heterocycles. The van der Waals surface area contributed by atoms with E-state index in [-0.39, 0.29) is 0 Å². The third kappa shape index (κ3) is 1.63. The van der Waals surface area contributed by atoms with Crippen molar-refractivity contribution in [1.29, 1.82) is 0 Å². The lowest BCUT2D eigenvalue weighted by Gasteiger charge is -2.51. The highest BCUT2D eigenvalue weighted by atomic mass is 28.4. The van der Waals surface area contributed by atoms with Crippen LogP contribution in [0.25, 0.3) is 6.08 Å². The van der Waals surface area contributed by atoms with E-state index < -0.39 is 16.1 Å². The molecule has 19 heavy (non-hydrogen) atoms. The first-order chi connectivity index (χ1) is 8.91. The third-order valence-electron chi connectivity index (χ3n) is 5.46. The monoisotopic (exact) mass is 284 g/mol. The largest absolute Gasteiger partial charge is 0.0915 e. The summed E-state index contributed by atoms with van der Waals surface area (Å²) in [5.41, 5.74) is 3.12. The molecule has 100 valence electrons. The molecule has 0 amide bonds. The van der Waals surface area contributed by atoms with Crippen LogP contribution in [0.4, 0.5) is 0 Å². The minimum atomic E-state index is -1.36. The van der Waals surface area contributed by atoms with Crippen molar-refractivity contribution in [2.75, 3.05) is 0 Å². The van der Waals surface area contributed by atoms with Gasteiger partial charge >= 0.3 is 0 Å². The van der Waals surface area contributed by atoms with Crippen LogP contribution in [0.15, 0.2) is 42.5 Å². The molecule has 0 fully saturated rings. The van der Waals surface area contributed by atoms with E-state index in [4.69, 9.17) is 0 Å². The Morgan fingerprint density at radius 3 is 2.11 bits per heavy atom. The minimum Gasteiger partial charge on any atom is -0.0915 e. The quantitative estimate of drug-likeness (QED) is 0.464. The third-order valence-corrected chi connectivity index (χ3v) is 17.2. The molecular weight excluding hydrogens is 260 g/mol. The Hall–Kier alpha value is -0.866. The van der Waals surface area contributed by atoms with E-state index in [1.165, 1.54) is 17.7 Å². The lowest BCUT2D eigenvalue weighted by atomic mass is 10.1. The van der Waals surface area contributed by atoms with Crippen LogP contribution >= 0.6 is 0 Å². The van der Waals surface area contributed by atoms with E-state index in [1.807, 2.05) is 0 Å². The number of hydrogen-bond acceptors (Lipinski definition) is 0. The second kappa shape index (κ2) is 4.06. The van der Waals surface area contributed by atoms with E-state index >= 15 is 0 Å². The summed E-state index contributed by atoms with van der Waals surface area (Å²) >= 11 is 0. The molecular formula is C17H24Si2. The molecule has 0 nitrogen and oxygen atoms in total. The summed E-state index contributed by atoms with van der Waals surface area (Å²) in [7, 11) is -2.71. The van der Waals surface area contributed by atoms with Gasteiger partial charge in [0.2, 0.25) is 0 Å². The van der Waals surface area contributed by atoms with E-state index in [0.29, 0.717) is 4.66 Å². The van der Waals surface area contributed by atoms with Crippen LogP contribution < -0.4 is 0 Å². The van der Waals surface area contributed by atoms with Gasteiger partial charge in [0, 0.05) is 4.66 Å². The van der Waals surface area contributed by atoms with Crippen LogP contribution in [0.3, 0.4) is 0 Å². The Morgan fingerprint density at radius 2 is 1.47 bits per heavy atom. The SMILES string of the molecule is C[Si]1(C)CC=CC[Si](C)(C)C12C=Cc1ccccc12. The molecule has 1 aliphatic carbocycles. The maximum Gasteiger partial charge on any atom is 0.0638 e. The predicted octanol–water partition coefficient (Wildman–Crippen LogP) is 5.02. The molecule has 1 aromatic rings. The van der Waals surface area contributed by atoms with Crippen molar-refractivity contribution in [3.05, 3.63) is 53.6 Å². The zero-order chi connectivity index (χ0) is 13.7. The lowest BCUT2D eigenvalue weighted by molar-refractivity contribution is 0.971. The highest BCUT2D eigenvalue weighted by Crippen LogP contribution is 2.52. The summed E-state index contributed by atoms with van der Waals surface area (Å²) in [5.74, 6) is 0. The fraction of sp³-hybridized carbons (Fsp3) is 0.412. The van der Waals surface area contributed by atoms with Gasteiger partial charge in [0.1, 0.15) is 0 Å². The van der Waals surface area contributed by atoms with Crippen LogP contribution in [0.5, 0.6) is 0 Å². The number of hydrogen-bond donors (Lipinski definition) is 0. The van der Waals surface area contributed by atoms with Gasteiger partial charge in [-0.2, -0.15) is 0 Å². The topological polar surface area (TPSA) is 0 Å². The highest BCUT2D eigenvalue weighted by Gasteiger charge is 2.57. The van der Waals surface area contributed by atoms with Crippen LogP contribution in [-0.2, 0) is 4.66 Å². The number of allylic oxidation sites excluding steroid dienone is 3. The van der Waals surface area contributed by atoms with Gasteiger partial charge < -0.3 is 0 Å². The van der Waals surface area contributed by atoms with Crippen LogP contribution in [0, 0.1) is 0 Å². The van der Waals surface area contributed by atoms with E-state index in [9.17, 15) is 0 Å². The first-order valence-electron chi connectivity index (χ1n) is 7.34. The van der Waals surface area contributed by atoms with Gasteiger partial charge in [-0.3, -0.25) is 0 Å². The van der Waals surface area contributed by atoms with Gasteiger partial charge in [-0.1, -0.05) is 74.8 Å². The van der Waals surface area contributed by atoms with Gasteiger partial charge in [0.05, 0.1) is 16.1 Å². The Labute approximate surface area is 119 Å². The first-order valence-corrected chi connectivity index (χ1v) is 13.8. The molecule has 0 bridgehead atoms. The molecule has 1 heterocycles. The number of benzene rings is 1. The van der Waals surface area contributed by atoms with E-state index in [1.54, 1.807) is 5.56 Å². The van der Waals surface area contributed by atoms with Gasteiger partial charge in [-0.25, -0.2) is 0 Å². The molecule has 0 atom stereocenters. The van der Waals surface area contributed by atoms with Crippen molar-refractivity contribution in [2.45, 2.75) is 42.9 Å². The highest BCUT2D eigenvalue weighted by molar-refractivity contribution is 7.01. The molecule has 0 saturated heterocycles. The second-order valence-corrected chi connectivity index (χ2v) is 17.8. The fourth-order valence-corrected chi connectivity index (χ4v) is 17.6. The smallest absolute Gasteiger partial charge is 0.0638 e. The zero-order valence-electron chi connectivity index (χ0n) is 12.5. The summed E-state index contributed by atoms with van der Waals surface area (Å²) in [6.07, 6.45) is 9.97. The Bertz CT molecular complexity index is 544. The molecule has 1 spiro atoms. The maximum atomic E-state index is 2.61. The van der Waals surface area contributed by atoms with Gasteiger partial charge in [0.15, 0.2) is 0 Å². The van der Waals surface area contributed by atoms with Gasteiger partial charge in [-0.05, 0) is 23.2 Å². The summed E-state index contributed by atoms with van der Waals surface area (Å²) < 4.78 is 0.417. The summed E-state index contributed by atoms with van der Waals surface area (Å²) in [5, 5.41) is 0. The summed E-state index contributed by atoms with van der Waals surface area (Å²) in [6.45, 7) is 10.4. The zero-order valence-corrected chi connectivity index (χ0v) is 14.5. The standard InChI is InChI=1S/C17H24Si2/c1-18(2)13-7-8-14-19(3,4)17(18)12-11-15-9-5-6-10-16(15)17/h5-12H,13-14H2,1-4H3. The first kappa shape index (κ1) is 13.1. The second-order valence-electron chi connectivity index (χ2n) is 7.38. The fourth-order valence-electron chi connectivity index (χ4n) is 4.48. The number of rotatable bonds is 0. The Kier molecular flexibility index (Phi) is 2.81. The molecule has 1 aromatic carbocycles. The van der Waals surface area contributed by atoms with Gasteiger partial charge in [-0.15, -0.1) is 0 Å². The normalized spacial score (nSPS) is 25.3. The summed E-state index contributed by atoms with van der Waals surface area (Å²) in [6, 6.07) is 11.8. The predicted molar refractivity (Wildman–Crippen MR) is 90.9 cm³/mol. The minimum absolute atomic E-state index is 0.417. The van der Waals surface area contributed by atoms with E-state index in [0.717, 1.165) is 0 Å². The molecule has 0 radical (unpaired) electrons. The Morgan fingerprint density at radius 1 is 0.895 bits per heavy atom. The van der Waals surface area contributed by atoms with Crippen LogP contribution in [0.1, 0.15) is 11.1 Å². The van der Waals surface area contributed by atoms with Crippen molar-refractivity contribution < 1.29 is 0 Å². The van der Waals surface area contributed by atoms with Crippen molar-refractivity contribution in [3.63, 3.8) is 0 Å². The molecule has 2 heteroatoms. The molecule has 0 N–H and O–H groups in total. The molecule has 2 aliphatic rings. The lowest BCUT2D eigenvalue weighted by Crippen LogP contribution is -2.63. The maximum absolute atomic E-state index is 2.61. The van der Waals surface area contributed by atoms with Crippen molar-refractivity contribution in [3.8, 4) is 0 Å². The molecule has 0 saturated carbocycles. The van der Waals surface area contributed by atoms with E-state index in [2.05, 4.69) is 74.8 Å². The number of fused-ring (bicyclic) bond motifs is 2. The van der Waals surface area contributed by atoms with Crippen LogP contribution in [-0.4, -0.2) is 16.1 Å². The van der Waals surface area contributed by atoms with Crippen molar-refractivity contribution >= 4 is 22.2 Å². The summed E-state index contributed by atoms with van der Waals surface area (Å²) in [4.78, 5) is 0. The van der Waals surface area contributed by atoms with Crippen molar-refractivity contribution in [2.24, 2.45) is 0 Å². The average Bonchev–Trinajstić information content (AvgIpc) is 2.72. The molecule has 3 rings (SSSR count). The van der Waals surface area contributed by atoms with Crippen molar-refractivity contribution in [1.82, 2.24) is 0 Å². The molecule has 0 unspecified atom stereocenters. The van der Waals surface area contributed by atoms with Gasteiger partial charge in [0.25, 0.3) is 0 Å².